The molecule has 0 saturated carbocycles. The van der Waals surface area contributed by atoms with Crippen molar-refractivity contribution >= 4 is 22.8 Å². The quantitative estimate of drug-likeness (QED) is 0.667. The molecule has 3 saturated heterocycles. The number of ether oxygens (including phenoxy) is 1. The zero-order valence-electron chi connectivity index (χ0n) is 19.8. The van der Waals surface area contributed by atoms with Gasteiger partial charge in [-0.15, -0.1) is 0 Å². The monoisotopic (exact) mass is 468 g/mol. The van der Waals surface area contributed by atoms with Gasteiger partial charge in [0, 0.05) is 48.6 Å². The first-order chi connectivity index (χ1) is 16.4. The molecule has 1 aromatic heterocycles. The highest BCUT2D eigenvalue weighted by Crippen LogP contribution is 2.47. The maximum atomic E-state index is 13.0. The fourth-order valence-corrected chi connectivity index (χ4v) is 6.63. The fraction of sp³-hybridized carbons (Fsp3) is 0.577. The van der Waals surface area contributed by atoms with Crippen LogP contribution in [0.2, 0.25) is 0 Å². The SMILES string of the molecule is CC(=O)O.Cc1c(OCC(=O)N2[C@@H]3CC[C@H]2[C@H]2CNC[C@H]23)ccc2c3c(c(=O)oc12)CCCC3. The largest absolute Gasteiger partial charge is 0.483 e. The third-order valence-electron chi connectivity index (χ3n) is 8.00. The Kier molecular flexibility index (Phi) is 6.10. The summed E-state index contributed by atoms with van der Waals surface area (Å²) in [5.74, 6) is 1.09. The lowest BCUT2D eigenvalue weighted by molar-refractivity contribution is -0.135. The van der Waals surface area contributed by atoms with Gasteiger partial charge in [0.05, 0.1) is 0 Å². The van der Waals surface area contributed by atoms with Gasteiger partial charge in [-0.3, -0.25) is 9.59 Å². The van der Waals surface area contributed by atoms with Crippen molar-refractivity contribution in [3.05, 3.63) is 39.2 Å². The van der Waals surface area contributed by atoms with Crippen LogP contribution in [0.3, 0.4) is 0 Å². The van der Waals surface area contributed by atoms with E-state index < -0.39 is 5.97 Å². The molecule has 8 nitrogen and oxygen atoms in total. The van der Waals surface area contributed by atoms with Crippen molar-refractivity contribution in [3.8, 4) is 5.75 Å². The minimum Gasteiger partial charge on any atom is -0.483 e. The summed E-state index contributed by atoms with van der Waals surface area (Å²) in [5.41, 5.74) is 3.15. The Balaban J connectivity index is 0.000000560. The molecule has 4 atom stereocenters. The van der Waals surface area contributed by atoms with Crippen molar-refractivity contribution in [2.45, 2.75) is 64.5 Å². The van der Waals surface area contributed by atoms with E-state index in [1.54, 1.807) is 0 Å². The Morgan fingerprint density at radius 1 is 1.12 bits per heavy atom. The lowest BCUT2D eigenvalue weighted by atomic mass is 9.82. The van der Waals surface area contributed by atoms with Gasteiger partial charge in [-0.2, -0.15) is 0 Å². The predicted octanol–water partition coefficient (Wildman–Crippen LogP) is 2.66. The zero-order valence-corrected chi connectivity index (χ0v) is 19.8. The molecule has 4 aliphatic rings. The Bertz CT molecular complexity index is 1170. The van der Waals surface area contributed by atoms with Gasteiger partial charge in [-0.05, 0) is 75.0 Å². The molecule has 4 heterocycles. The van der Waals surface area contributed by atoms with Crippen LogP contribution < -0.4 is 15.7 Å². The van der Waals surface area contributed by atoms with E-state index in [4.69, 9.17) is 19.1 Å². The number of benzene rings is 1. The van der Waals surface area contributed by atoms with Crippen molar-refractivity contribution < 1.29 is 23.8 Å². The maximum absolute atomic E-state index is 13.0. The summed E-state index contributed by atoms with van der Waals surface area (Å²) >= 11 is 0. The number of nitrogens with one attached hydrogen (secondary N) is 1. The summed E-state index contributed by atoms with van der Waals surface area (Å²) in [7, 11) is 0. The molecule has 1 aliphatic carbocycles. The molecule has 1 amide bonds. The first kappa shape index (κ1) is 22.9. The van der Waals surface area contributed by atoms with Crippen LogP contribution >= 0.6 is 0 Å². The molecule has 34 heavy (non-hydrogen) atoms. The highest BCUT2D eigenvalue weighted by Gasteiger charge is 2.56. The summed E-state index contributed by atoms with van der Waals surface area (Å²) in [6.45, 7) is 5.10. The molecule has 3 fully saturated rings. The molecule has 2 bridgehead atoms. The molecule has 8 heteroatoms. The third kappa shape index (κ3) is 3.87. The van der Waals surface area contributed by atoms with E-state index in [9.17, 15) is 9.59 Å². The minimum atomic E-state index is -0.833. The standard InChI is InChI=1S/C24H28N2O4.C2H4O2/c1-13-21(9-6-15-14-4-2-3-5-16(14)24(28)30-23(13)15)29-12-22(27)26-19-7-8-20(26)18-11-25-10-17(18)19;1-2(3)4/h6,9,17-20,25H,2-5,7-8,10-12H2,1H3;1H3,(H,3,4)/t17-,18+,19-,20+;. The predicted molar refractivity (Wildman–Crippen MR) is 126 cm³/mol. The number of rotatable bonds is 3. The van der Waals surface area contributed by atoms with Gasteiger partial charge in [-0.25, -0.2) is 4.79 Å². The van der Waals surface area contributed by atoms with Gasteiger partial charge in [0.2, 0.25) is 0 Å². The molecule has 6 rings (SSSR count). The van der Waals surface area contributed by atoms with E-state index in [2.05, 4.69) is 10.2 Å². The summed E-state index contributed by atoms with van der Waals surface area (Å²) in [4.78, 5) is 36.6. The van der Waals surface area contributed by atoms with E-state index in [-0.39, 0.29) is 18.1 Å². The maximum Gasteiger partial charge on any atom is 0.339 e. The highest BCUT2D eigenvalue weighted by atomic mass is 16.5. The number of fused-ring (bicyclic) bond motifs is 8. The average Bonchev–Trinajstić information content (AvgIpc) is 3.52. The number of aliphatic carboxylic acids is 1. The van der Waals surface area contributed by atoms with E-state index in [1.165, 1.54) is 0 Å². The van der Waals surface area contributed by atoms with Crippen LogP contribution in [0, 0.1) is 18.8 Å². The molecule has 2 N–H and O–H groups in total. The molecule has 0 unspecified atom stereocenters. The van der Waals surface area contributed by atoms with Gasteiger partial charge in [0.25, 0.3) is 11.9 Å². The van der Waals surface area contributed by atoms with E-state index in [0.29, 0.717) is 35.3 Å². The number of carbonyl (C=O) groups is 2. The Morgan fingerprint density at radius 2 is 1.74 bits per heavy atom. The Morgan fingerprint density at radius 3 is 2.38 bits per heavy atom. The highest BCUT2D eigenvalue weighted by molar-refractivity contribution is 5.86. The van der Waals surface area contributed by atoms with Crippen LogP contribution in [-0.4, -0.2) is 53.7 Å². The van der Waals surface area contributed by atoms with Gasteiger partial charge in [0.1, 0.15) is 11.3 Å². The number of amides is 1. The van der Waals surface area contributed by atoms with Crippen molar-refractivity contribution in [1.82, 2.24) is 10.2 Å². The average molecular weight is 469 g/mol. The van der Waals surface area contributed by atoms with Gasteiger partial charge < -0.3 is 24.5 Å². The normalized spacial score (nSPS) is 26.6. The minimum absolute atomic E-state index is 0.0430. The van der Waals surface area contributed by atoms with Crippen LogP contribution in [-0.2, 0) is 22.4 Å². The van der Waals surface area contributed by atoms with Crippen LogP contribution in [0.4, 0.5) is 0 Å². The second-order valence-electron chi connectivity index (χ2n) is 9.93. The van der Waals surface area contributed by atoms with Crippen LogP contribution in [0.5, 0.6) is 5.75 Å². The van der Waals surface area contributed by atoms with Crippen LogP contribution in [0.15, 0.2) is 21.3 Å². The first-order valence-corrected chi connectivity index (χ1v) is 12.3. The molecule has 3 aliphatic heterocycles. The second kappa shape index (κ2) is 9.06. The third-order valence-corrected chi connectivity index (χ3v) is 8.00. The number of carboxylic acid groups (broad SMARTS) is 1. The van der Waals surface area contributed by atoms with Crippen LogP contribution in [0.25, 0.3) is 11.0 Å². The first-order valence-electron chi connectivity index (χ1n) is 12.3. The molecule has 182 valence electrons. The number of hydrogen-bond acceptors (Lipinski definition) is 6. The fourth-order valence-electron chi connectivity index (χ4n) is 6.63. The van der Waals surface area contributed by atoms with E-state index >= 15 is 0 Å². The number of nitrogens with zero attached hydrogens (tertiary/aromatic N) is 1. The molecule has 0 spiro atoms. The van der Waals surface area contributed by atoms with Gasteiger partial charge in [-0.1, -0.05) is 0 Å². The van der Waals surface area contributed by atoms with Crippen molar-refractivity contribution in [3.63, 3.8) is 0 Å². The van der Waals surface area contributed by atoms with Crippen molar-refractivity contribution in [1.29, 1.82) is 0 Å². The number of aryl methyl sites for hydroxylation is 2. The Hall–Kier alpha value is -2.87. The Labute approximate surface area is 198 Å². The summed E-state index contributed by atoms with van der Waals surface area (Å²) in [6.07, 6.45) is 6.10. The van der Waals surface area contributed by atoms with Crippen LogP contribution in [0.1, 0.15) is 49.3 Å². The summed E-state index contributed by atoms with van der Waals surface area (Å²) in [5, 5.41) is 11.9. The smallest absolute Gasteiger partial charge is 0.339 e. The number of hydrogen-bond donors (Lipinski definition) is 2. The molecular formula is C26H32N2O6. The summed E-state index contributed by atoms with van der Waals surface area (Å²) in [6, 6.07) is 4.66. The molecule has 2 aromatic rings. The van der Waals surface area contributed by atoms with E-state index in [0.717, 1.165) is 80.6 Å². The zero-order chi connectivity index (χ0) is 24.0. The lowest BCUT2D eigenvalue weighted by Crippen LogP contribution is -2.41. The lowest BCUT2D eigenvalue weighted by Gasteiger charge is -2.25. The van der Waals surface area contributed by atoms with Gasteiger partial charge >= 0.3 is 5.63 Å². The number of carbonyl (C=O) groups excluding carboxylic acids is 1. The summed E-state index contributed by atoms with van der Waals surface area (Å²) < 4.78 is 11.7. The second-order valence-corrected chi connectivity index (χ2v) is 9.93. The number of carboxylic acids is 1. The molecule has 1 aromatic carbocycles. The molecular weight excluding hydrogens is 436 g/mol. The van der Waals surface area contributed by atoms with Crippen molar-refractivity contribution in [2.75, 3.05) is 19.7 Å². The van der Waals surface area contributed by atoms with E-state index in [1.807, 2.05) is 19.1 Å². The van der Waals surface area contributed by atoms with Crippen molar-refractivity contribution in [2.24, 2.45) is 11.8 Å². The topological polar surface area (TPSA) is 109 Å². The van der Waals surface area contributed by atoms with Gasteiger partial charge in [0.15, 0.2) is 6.61 Å². The molecule has 0 radical (unpaired) electrons.